The minimum atomic E-state index is -1.19. The fourth-order valence-corrected chi connectivity index (χ4v) is 6.68. The standard InChI is InChI=1S/C45H35ClN6O8S/c1-24(25(2)46)42(55)48-28-9-7-26(8-10-28)37-23-40(52(3)51-37)50-43(56)27-5-4-6-32(19-27)59-18-17-47-45(61)49-29-11-14-33(36(20-29)44(57)58)41-34-15-12-30(53)21-38(34)60-39-22-31(54)13-16-35(39)41/h4-16,19-23,53H,1-2,17-18H2,3H3,(H,48,55)(H,50,56)(H,57,58)(H2,47,49,61). The van der Waals surface area contributed by atoms with Crippen LogP contribution in [0.25, 0.3) is 44.7 Å². The van der Waals surface area contributed by atoms with Crippen LogP contribution in [0.3, 0.4) is 0 Å². The van der Waals surface area contributed by atoms with Gasteiger partial charge in [0.15, 0.2) is 10.5 Å². The number of halogens is 1. The van der Waals surface area contributed by atoms with Gasteiger partial charge in [-0.25, -0.2) is 4.79 Å². The molecule has 0 atom stereocenters. The molecule has 5 aromatic rings. The van der Waals surface area contributed by atoms with Gasteiger partial charge in [-0.15, -0.1) is 0 Å². The van der Waals surface area contributed by atoms with E-state index >= 15 is 0 Å². The van der Waals surface area contributed by atoms with E-state index in [9.17, 15) is 29.4 Å². The summed E-state index contributed by atoms with van der Waals surface area (Å²) in [4.78, 5) is 50.2. The Labute approximate surface area is 358 Å². The summed E-state index contributed by atoms with van der Waals surface area (Å²) in [6.45, 7) is 7.57. The Hall–Kier alpha value is -7.75. The molecule has 1 aromatic heterocycles. The summed E-state index contributed by atoms with van der Waals surface area (Å²) < 4.78 is 13.3. The van der Waals surface area contributed by atoms with Gasteiger partial charge >= 0.3 is 5.97 Å². The summed E-state index contributed by atoms with van der Waals surface area (Å²) in [6, 6.07) is 28.9. The number of ether oxygens (including phenoxy) is 1. The molecule has 0 unspecified atom stereocenters. The monoisotopic (exact) mass is 854 g/mol. The van der Waals surface area contributed by atoms with E-state index in [4.69, 9.17) is 33.0 Å². The second kappa shape index (κ2) is 17.6. The fraction of sp³-hybridized carbons (Fsp3) is 0.0667. The molecular formula is C45H35ClN6O8S. The first kappa shape index (κ1) is 41.4. The van der Waals surface area contributed by atoms with Gasteiger partial charge in [0.1, 0.15) is 35.3 Å². The highest BCUT2D eigenvalue weighted by Gasteiger charge is 2.23. The van der Waals surface area contributed by atoms with Gasteiger partial charge in [0.25, 0.3) is 11.8 Å². The van der Waals surface area contributed by atoms with E-state index in [2.05, 4.69) is 39.5 Å². The van der Waals surface area contributed by atoms with Crippen LogP contribution >= 0.6 is 23.8 Å². The highest BCUT2D eigenvalue weighted by Crippen LogP contribution is 2.42. The van der Waals surface area contributed by atoms with E-state index in [1.807, 2.05) is 0 Å². The Morgan fingerprint density at radius 1 is 0.885 bits per heavy atom. The number of nitrogens with zero attached hydrogens (tertiary/aromatic N) is 2. The lowest BCUT2D eigenvalue weighted by atomic mass is 9.90. The molecule has 0 spiro atoms. The molecule has 0 saturated heterocycles. The highest BCUT2D eigenvalue weighted by atomic mass is 35.5. The number of carbonyl (C=O) groups excluding carboxylic acids is 2. The van der Waals surface area contributed by atoms with E-state index in [-0.39, 0.29) is 62.9 Å². The maximum absolute atomic E-state index is 13.2. The summed E-state index contributed by atoms with van der Waals surface area (Å²) >= 11 is 11.2. The maximum Gasteiger partial charge on any atom is 0.336 e. The minimum Gasteiger partial charge on any atom is -0.508 e. The number of thiocarbonyl (C=S) groups is 1. The van der Waals surface area contributed by atoms with Gasteiger partial charge in [0.05, 0.1) is 23.4 Å². The van der Waals surface area contributed by atoms with Crippen LogP contribution in [-0.4, -0.2) is 56.0 Å². The second-order valence-corrected chi connectivity index (χ2v) is 14.4. The predicted molar refractivity (Wildman–Crippen MR) is 239 cm³/mol. The summed E-state index contributed by atoms with van der Waals surface area (Å²) in [5, 5.41) is 37.3. The van der Waals surface area contributed by atoms with Gasteiger partial charge in [-0.3, -0.25) is 19.1 Å². The molecule has 0 fully saturated rings. The summed E-state index contributed by atoms with van der Waals surface area (Å²) in [5.74, 6) is -0.940. The number of anilines is 3. The number of phenolic OH excluding ortho intramolecular Hbond substituents is 1. The van der Waals surface area contributed by atoms with Gasteiger partial charge in [-0.05, 0) is 84.5 Å². The van der Waals surface area contributed by atoms with Crippen molar-refractivity contribution in [3.05, 3.63) is 154 Å². The molecule has 0 bridgehead atoms. The SMILES string of the molecule is C=C(Cl)C(=C)C(=O)Nc1ccc(-c2cc(NC(=O)c3cccc(OCCNC(=S)Nc4ccc(-c5c6ccc(=O)cc-6oc6cc(O)ccc56)c(C(=O)O)c4)c3)n(C)n2)cc1. The topological polar surface area (TPSA) is 197 Å². The lowest BCUT2D eigenvalue weighted by Gasteiger charge is -2.18. The second-order valence-electron chi connectivity index (χ2n) is 13.5. The number of aromatic carboxylic acids is 1. The molecule has 14 nitrogen and oxygen atoms in total. The van der Waals surface area contributed by atoms with Crippen molar-refractivity contribution in [2.75, 3.05) is 29.1 Å². The molecule has 0 saturated carbocycles. The number of nitrogens with one attached hydrogen (secondary N) is 4. The van der Waals surface area contributed by atoms with Crippen molar-refractivity contribution < 1.29 is 33.8 Å². The average molecular weight is 855 g/mol. The smallest absolute Gasteiger partial charge is 0.336 e. The molecule has 306 valence electrons. The summed E-state index contributed by atoms with van der Waals surface area (Å²) in [7, 11) is 1.70. The number of aryl methyl sites for hydroxylation is 1. The van der Waals surface area contributed by atoms with Crippen LogP contribution in [0.15, 0.2) is 142 Å². The van der Waals surface area contributed by atoms with Crippen LogP contribution in [0.2, 0.25) is 0 Å². The molecule has 61 heavy (non-hydrogen) atoms. The van der Waals surface area contributed by atoms with E-state index < -0.39 is 11.9 Å². The van der Waals surface area contributed by atoms with Crippen molar-refractivity contribution in [1.29, 1.82) is 0 Å². The van der Waals surface area contributed by atoms with Crippen LogP contribution in [0.4, 0.5) is 17.2 Å². The number of carboxylic acids is 1. The molecule has 2 aliphatic rings. The van der Waals surface area contributed by atoms with Gasteiger partial charge in [-0.1, -0.05) is 49.0 Å². The third-order valence-corrected chi connectivity index (χ3v) is 9.84. The zero-order valence-corrected chi connectivity index (χ0v) is 33.8. The number of phenols is 1. The molecule has 4 aromatic carbocycles. The molecule has 6 N–H and O–H groups in total. The lowest BCUT2D eigenvalue weighted by molar-refractivity contribution is -0.112. The molecule has 2 heterocycles. The molecule has 7 rings (SSSR count). The van der Waals surface area contributed by atoms with E-state index in [1.54, 1.807) is 90.6 Å². The van der Waals surface area contributed by atoms with Crippen molar-refractivity contribution >= 4 is 74.9 Å². The Kier molecular flexibility index (Phi) is 12.0. The summed E-state index contributed by atoms with van der Waals surface area (Å²) in [6.07, 6.45) is 0. The number of hydrogen-bond donors (Lipinski definition) is 6. The molecule has 1 aliphatic carbocycles. The Bertz CT molecular complexity index is 2940. The number of benzene rings is 5. The summed E-state index contributed by atoms with van der Waals surface area (Å²) in [5.41, 5.74) is 4.10. The Morgan fingerprint density at radius 3 is 2.39 bits per heavy atom. The van der Waals surface area contributed by atoms with Crippen LogP contribution in [0.5, 0.6) is 11.5 Å². The number of amides is 2. The Balaban J connectivity index is 0.946. The quantitative estimate of drug-likeness (QED) is 0.0214. The van der Waals surface area contributed by atoms with Crippen LogP contribution in [0, 0.1) is 0 Å². The van der Waals surface area contributed by atoms with E-state index in [0.717, 1.165) is 5.56 Å². The lowest BCUT2D eigenvalue weighted by Crippen LogP contribution is -2.32. The van der Waals surface area contributed by atoms with E-state index in [0.29, 0.717) is 56.3 Å². The van der Waals surface area contributed by atoms with Gasteiger partial charge in [0.2, 0.25) is 0 Å². The third kappa shape index (κ3) is 9.44. The van der Waals surface area contributed by atoms with Crippen LogP contribution in [-0.2, 0) is 11.8 Å². The first-order valence-electron chi connectivity index (χ1n) is 18.4. The largest absolute Gasteiger partial charge is 0.508 e. The van der Waals surface area contributed by atoms with Gasteiger partial charge in [0, 0.05) is 69.3 Å². The van der Waals surface area contributed by atoms with Crippen molar-refractivity contribution in [3.63, 3.8) is 0 Å². The highest BCUT2D eigenvalue weighted by molar-refractivity contribution is 7.80. The predicted octanol–water partition coefficient (Wildman–Crippen LogP) is 8.23. The molecular weight excluding hydrogens is 820 g/mol. The minimum absolute atomic E-state index is 0.0335. The average Bonchev–Trinajstić information content (AvgIpc) is 3.60. The van der Waals surface area contributed by atoms with Gasteiger partial charge in [-0.2, -0.15) is 5.10 Å². The normalized spacial score (nSPS) is 10.9. The molecule has 1 aliphatic heterocycles. The fourth-order valence-electron chi connectivity index (χ4n) is 6.37. The first-order chi connectivity index (χ1) is 29.2. The zero-order valence-electron chi connectivity index (χ0n) is 32.2. The maximum atomic E-state index is 13.2. The molecule has 16 heteroatoms. The number of carboxylic acid groups (broad SMARTS) is 1. The van der Waals surface area contributed by atoms with Crippen molar-refractivity contribution in [2.24, 2.45) is 7.05 Å². The number of hydrogen-bond acceptors (Lipinski definition) is 9. The number of fused-ring (bicyclic) bond motifs is 2. The Morgan fingerprint density at radius 2 is 1.64 bits per heavy atom. The number of aromatic hydroxyl groups is 1. The van der Waals surface area contributed by atoms with E-state index in [1.165, 1.54) is 30.3 Å². The molecule has 2 amide bonds. The number of rotatable bonds is 13. The first-order valence-corrected chi connectivity index (χ1v) is 19.2. The van der Waals surface area contributed by atoms with Crippen molar-refractivity contribution in [2.45, 2.75) is 0 Å². The van der Waals surface area contributed by atoms with Gasteiger partial charge < -0.3 is 40.6 Å². The number of carbonyl (C=O) groups is 3. The number of aromatic nitrogens is 2. The van der Waals surface area contributed by atoms with Crippen LogP contribution in [0.1, 0.15) is 20.7 Å². The van der Waals surface area contributed by atoms with Crippen LogP contribution < -0.4 is 31.4 Å². The zero-order chi connectivity index (χ0) is 43.4. The van der Waals surface area contributed by atoms with Crippen molar-refractivity contribution in [3.8, 4) is 45.2 Å². The third-order valence-electron chi connectivity index (χ3n) is 9.37. The molecule has 0 radical (unpaired) electrons. The van der Waals surface area contributed by atoms with Crippen molar-refractivity contribution in [1.82, 2.24) is 15.1 Å².